The molecule has 0 N–H and O–H groups in total. The number of carbonyl (C=O) groups excluding carboxylic acids is 1. The van der Waals surface area contributed by atoms with E-state index in [9.17, 15) is 22.4 Å². The molecule has 0 fully saturated rings. The summed E-state index contributed by atoms with van der Waals surface area (Å²) in [7, 11) is 0. The third kappa shape index (κ3) is 3.97. The number of hydrogen-bond acceptors (Lipinski definition) is 2. The van der Waals surface area contributed by atoms with E-state index < -0.39 is 36.2 Å². The minimum absolute atomic E-state index is 0.0829. The minimum atomic E-state index is -4.63. The number of halogens is 5. The van der Waals surface area contributed by atoms with Crippen molar-refractivity contribution in [2.75, 3.05) is 4.90 Å². The van der Waals surface area contributed by atoms with Crippen molar-refractivity contribution in [2.24, 2.45) is 0 Å². The smallest absolute Gasteiger partial charge is 0.415 e. The lowest BCUT2D eigenvalue weighted by Gasteiger charge is -2.38. The number of amides is 1. The van der Waals surface area contributed by atoms with Crippen LogP contribution >= 0.6 is 15.9 Å². The molecule has 1 unspecified atom stereocenters. The fourth-order valence-electron chi connectivity index (χ4n) is 2.48. The van der Waals surface area contributed by atoms with Crippen molar-refractivity contribution in [3.05, 3.63) is 28.0 Å². The zero-order valence-corrected chi connectivity index (χ0v) is 14.4. The predicted octanol–water partition coefficient (Wildman–Crippen LogP) is 5.21. The Hall–Kier alpha value is -1.31. The maximum atomic E-state index is 14.0. The molecule has 0 aliphatic carbocycles. The van der Waals surface area contributed by atoms with Crippen LogP contribution in [-0.4, -0.2) is 23.9 Å². The Bertz CT molecular complexity index is 625. The molecule has 1 atom stereocenters. The molecule has 0 radical (unpaired) electrons. The highest BCUT2D eigenvalue weighted by atomic mass is 79.9. The highest BCUT2D eigenvalue weighted by molar-refractivity contribution is 9.10. The summed E-state index contributed by atoms with van der Waals surface area (Å²) in [5, 5.41) is 0. The summed E-state index contributed by atoms with van der Waals surface area (Å²) in [5.74, 6) is -0.649. The first-order valence-electron chi connectivity index (χ1n) is 6.97. The minimum Gasteiger partial charge on any atom is -0.443 e. The number of hydrogen-bond donors (Lipinski definition) is 0. The Labute approximate surface area is 139 Å². The number of nitrogens with zero attached hydrogens (tertiary/aromatic N) is 1. The van der Waals surface area contributed by atoms with Crippen molar-refractivity contribution in [1.82, 2.24) is 0 Å². The number of rotatable bonds is 0. The van der Waals surface area contributed by atoms with Gasteiger partial charge >= 0.3 is 12.3 Å². The Morgan fingerprint density at radius 3 is 2.43 bits per heavy atom. The van der Waals surface area contributed by atoms with Crippen molar-refractivity contribution in [3.8, 4) is 0 Å². The predicted molar refractivity (Wildman–Crippen MR) is 81.0 cm³/mol. The van der Waals surface area contributed by atoms with Crippen LogP contribution in [0.5, 0.6) is 0 Å². The lowest BCUT2D eigenvalue weighted by atomic mass is 9.95. The molecule has 1 amide bonds. The number of alkyl halides is 3. The lowest BCUT2D eigenvalue weighted by molar-refractivity contribution is -0.150. The molecule has 2 rings (SSSR count). The Morgan fingerprint density at radius 1 is 1.30 bits per heavy atom. The van der Waals surface area contributed by atoms with E-state index >= 15 is 0 Å². The normalized spacial score (nSPS) is 18.6. The molecule has 128 valence electrons. The summed E-state index contributed by atoms with van der Waals surface area (Å²) in [6.45, 7) is 4.67. The van der Waals surface area contributed by atoms with Gasteiger partial charge in [-0.2, -0.15) is 13.2 Å². The second-order valence-corrected chi connectivity index (χ2v) is 7.25. The molecule has 1 aromatic rings. The van der Waals surface area contributed by atoms with E-state index in [0.717, 1.165) is 0 Å². The van der Waals surface area contributed by atoms with Crippen LogP contribution < -0.4 is 4.90 Å². The molecule has 1 aliphatic heterocycles. The van der Waals surface area contributed by atoms with Crippen LogP contribution in [0.15, 0.2) is 16.6 Å². The maximum Gasteiger partial charge on any atom is 0.415 e. The van der Waals surface area contributed by atoms with E-state index in [1.807, 2.05) is 0 Å². The molecule has 0 bridgehead atoms. The lowest BCUT2D eigenvalue weighted by Crippen LogP contribution is -2.53. The van der Waals surface area contributed by atoms with Gasteiger partial charge in [0.25, 0.3) is 0 Å². The van der Waals surface area contributed by atoms with Crippen LogP contribution in [0.3, 0.4) is 0 Å². The number of anilines is 1. The van der Waals surface area contributed by atoms with Crippen LogP contribution in [0, 0.1) is 5.82 Å². The Balaban J connectivity index is 2.54. The molecule has 0 saturated heterocycles. The first-order chi connectivity index (χ1) is 10.4. The van der Waals surface area contributed by atoms with Crippen LogP contribution in [0.1, 0.15) is 32.8 Å². The zero-order valence-electron chi connectivity index (χ0n) is 12.8. The van der Waals surface area contributed by atoms with Gasteiger partial charge in [0.05, 0.1) is 5.69 Å². The molecular formula is C15H16BrF4NO2. The summed E-state index contributed by atoms with van der Waals surface area (Å²) in [5.41, 5.74) is -0.991. The van der Waals surface area contributed by atoms with Gasteiger partial charge in [-0.1, -0.05) is 15.9 Å². The highest BCUT2D eigenvalue weighted by Crippen LogP contribution is 2.41. The summed E-state index contributed by atoms with van der Waals surface area (Å²) in [6.07, 6.45) is -6.28. The van der Waals surface area contributed by atoms with Gasteiger partial charge in [-0.05, 0) is 45.7 Å². The van der Waals surface area contributed by atoms with Gasteiger partial charge in [0.15, 0.2) is 0 Å². The monoisotopic (exact) mass is 397 g/mol. The second kappa shape index (κ2) is 5.96. The largest absolute Gasteiger partial charge is 0.443 e. The molecule has 23 heavy (non-hydrogen) atoms. The van der Waals surface area contributed by atoms with Crippen molar-refractivity contribution in [3.63, 3.8) is 0 Å². The average Bonchev–Trinajstić information content (AvgIpc) is 2.33. The van der Waals surface area contributed by atoms with Gasteiger partial charge in [0.2, 0.25) is 0 Å². The van der Waals surface area contributed by atoms with Crippen LogP contribution in [0.4, 0.5) is 28.0 Å². The van der Waals surface area contributed by atoms with Crippen molar-refractivity contribution < 1.29 is 27.1 Å². The summed E-state index contributed by atoms with van der Waals surface area (Å²) in [6, 6.07) is 0.429. The number of fused-ring (bicyclic) bond motifs is 1. The summed E-state index contributed by atoms with van der Waals surface area (Å²) < 4.78 is 59.4. The summed E-state index contributed by atoms with van der Waals surface area (Å²) >= 11 is 3.05. The van der Waals surface area contributed by atoms with Crippen molar-refractivity contribution in [1.29, 1.82) is 0 Å². The molecule has 3 nitrogen and oxygen atoms in total. The first-order valence-corrected chi connectivity index (χ1v) is 7.76. The molecular weight excluding hydrogens is 382 g/mol. The van der Waals surface area contributed by atoms with E-state index in [1.165, 1.54) is 12.1 Å². The SMILES string of the molecule is CC(C)(C)OC(=O)N1c2cc(Br)cc(F)c2CCC1C(F)(F)F. The zero-order chi connectivity index (χ0) is 17.6. The highest BCUT2D eigenvalue weighted by Gasteiger charge is 2.49. The van der Waals surface area contributed by atoms with Crippen LogP contribution in [0.2, 0.25) is 0 Å². The van der Waals surface area contributed by atoms with Gasteiger partial charge in [0.1, 0.15) is 17.5 Å². The quantitative estimate of drug-likeness (QED) is 0.562. The third-order valence-electron chi connectivity index (χ3n) is 3.34. The van der Waals surface area contributed by atoms with Crippen molar-refractivity contribution in [2.45, 2.75) is 51.4 Å². The van der Waals surface area contributed by atoms with Crippen LogP contribution in [0.25, 0.3) is 0 Å². The Kier molecular flexibility index (Phi) is 4.67. The maximum absolute atomic E-state index is 14.0. The van der Waals surface area contributed by atoms with Gasteiger partial charge in [-0.15, -0.1) is 0 Å². The fourth-order valence-corrected chi connectivity index (χ4v) is 2.89. The molecule has 8 heteroatoms. The molecule has 1 heterocycles. The molecule has 1 aromatic carbocycles. The third-order valence-corrected chi connectivity index (χ3v) is 3.80. The topological polar surface area (TPSA) is 29.5 Å². The first kappa shape index (κ1) is 18.0. The van der Waals surface area contributed by atoms with E-state index in [1.54, 1.807) is 20.8 Å². The standard InChI is InChI=1S/C15H16BrF4NO2/c1-14(2,3)23-13(22)21-11-7-8(16)6-10(17)9(11)4-5-12(21)15(18,19)20/h6-7,12H,4-5H2,1-3H3. The van der Waals surface area contributed by atoms with E-state index in [-0.39, 0.29) is 22.1 Å². The number of benzene rings is 1. The van der Waals surface area contributed by atoms with Gasteiger partial charge in [-0.3, -0.25) is 4.90 Å². The average molecular weight is 398 g/mol. The molecule has 0 saturated carbocycles. The second-order valence-electron chi connectivity index (χ2n) is 6.33. The number of carbonyl (C=O) groups is 1. The van der Waals surface area contributed by atoms with Gasteiger partial charge in [0, 0.05) is 10.0 Å². The van der Waals surface area contributed by atoms with E-state index in [0.29, 0.717) is 4.90 Å². The van der Waals surface area contributed by atoms with Crippen LogP contribution in [-0.2, 0) is 11.2 Å². The van der Waals surface area contributed by atoms with Gasteiger partial charge in [-0.25, -0.2) is 9.18 Å². The van der Waals surface area contributed by atoms with E-state index in [2.05, 4.69) is 15.9 Å². The fraction of sp³-hybridized carbons (Fsp3) is 0.533. The van der Waals surface area contributed by atoms with Gasteiger partial charge < -0.3 is 4.74 Å². The molecule has 0 aromatic heterocycles. The Morgan fingerprint density at radius 2 is 1.91 bits per heavy atom. The van der Waals surface area contributed by atoms with E-state index in [4.69, 9.17) is 4.74 Å². The van der Waals surface area contributed by atoms with Crippen molar-refractivity contribution >= 4 is 27.7 Å². The molecule has 1 aliphatic rings. The molecule has 0 spiro atoms. The number of ether oxygens (including phenoxy) is 1. The summed E-state index contributed by atoms with van der Waals surface area (Å²) in [4.78, 5) is 12.8.